The lowest BCUT2D eigenvalue weighted by molar-refractivity contribution is -0.134. The Morgan fingerprint density at radius 3 is 2.33 bits per heavy atom. The van der Waals surface area contributed by atoms with Gasteiger partial charge in [0.25, 0.3) is 0 Å². The Morgan fingerprint density at radius 2 is 1.60 bits per heavy atom. The Labute approximate surface area is 238 Å². The summed E-state index contributed by atoms with van der Waals surface area (Å²) in [4.78, 5) is 31.0. The lowest BCUT2D eigenvalue weighted by atomic mass is 9.96. The van der Waals surface area contributed by atoms with Crippen molar-refractivity contribution in [2.24, 2.45) is 0 Å². The molecule has 0 saturated carbocycles. The van der Waals surface area contributed by atoms with Crippen LogP contribution in [0.4, 0.5) is 5.82 Å². The van der Waals surface area contributed by atoms with Gasteiger partial charge in [-0.3, -0.25) is 14.5 Å². The second-order valence-electron chi connectivity index (χ2n) is 10.2. The van der Waals surface area contributed by atoms with Gasteiger partial charge in [-0.2, -0.15) is 5.10 Å². The lowest BCUT2D eigenvalue weighted by Crippen LogP contribution is -2.48. The molecule has 1 aromatic heterocycles. The Bertz CT molecular complexity index is 1550. The number of carbonyl (C=O) groups is 2. The molecule has 6 rings (SSSR count). The molecule has 1 fully saturated rings. The van der Waals surface area contributed by atoms with Crippen LogP contribution in [-0.4, -0.2) is 65.1 Å². The van der Waals surface area contributed by atoms with Crippen molar-refractivity contribution < 1.29 is 14.3 Å². The number of ether oxygens (including phenoxy) is 1. The third-order valence-corrected chi connectivity index (χ3v) is 8.84. The summed E-state index contributed by atoms with van der Waals surface area (Å²) in [6.45, 7) is 6.18. The number of morpholine rings is 1. The molecule has 2 aliphatic heterocycles. The largest absolute Gasteiger partial charge is 0.378 e. The number of hydrogen-bond donors (Lipinski definition) is 0. The molecule has 3 heterocycles. The Kier molecular flexibility index (Phi) is 7.45. The molecule has 0 spiro atoms. The smallest absolute Gasteiger partial charge is 0.242 e. The van der Waals surface area contributed by atoms with Gasteiger partial charge in [-0.1, -0.05) is 72.8 Å². The van der Waals surface area contributed by atoms with Gasteiger partial charge in [0, 0.05) is 24.2 Å². The van der Waals surface area contributed by atoms with Crippen molar-refractivity contribution in [3.8, 4) is 16.9 Å². The Balaban J connectivity index is 1.61. The number of para-hydroxylation sites is 1. The van der Waals surface area contributed by atoms with Gasteiger partial charge in [-0.25, -0.2) is 4.68 Å². The average molecular weight is 553 g/mol. The SMILES string of the molecule is Cc1ccccc1[C@H]1SCC(=O)N(CC(=O)N2CCOCC2)c2c1c(-c1ccccc1)nn2-c1ccccc1C. The number of fused-ring (bicyclic) bond motifs is 1. The van der Waals surface area contributed by atoms with Crippen molar-refractivity contribution in [3.63, 3.8) is 0 Å². The number of anilines is 1. The molecular weight excluding hydrogens is 520 g/mol. The van der Waals surface area contributed by atoms with E-state index in [2.05, 4.69) is 31.2 Å². The number of amides is 2. The zero-order valence-electron chi connectivity index (χ0n) is 22.7. The summed E-state index contributed by atoms with van der Waals surface area (Å²) in [5, 5.41) is 5.07. The summed E-state index contributed by atoms with van der Waals surface area (Å²) >= 11 is 1.60. The summed E-state index contributed by atoms with van der Waals surface area (Å²) in [7, 11) is 0. The molecule has 0 bridgehead atoms. The Hall–Kier alpha value is -3.88. The summed E-state index contributed by atoms with van der Waals surface area (Å²) in [5.74, 6) is 0.739. The number of nitrogens with zero attached hydrogens (tertiary/aromatic N) is 4. The molecule has 4 aromatic rings. The van der Waals surface area contributed by atoms with Crippen LogP contribution in [0.3, 0.4) is 0 Å². The van der Waals surface area contributed by atoms with Crippen LogP contribution in [0.15, 0.2) is 78.9 Å². The van der Waals surface area contributed by atoms with E-state index in [0.717, 1.165) is 39.2 Å². The van der Waals surface area contributed by atoms with E-state index in [0.29, 0.717) is 32.1 Å². The van der Waals surface area contributed by atoms with Crippen LogP contribution >= 0.6 is 11.8 Å². The minimum Gasteiger partial charge on any atom is -0.378 e. The zero-order chi connectivity index (χ0) is 27.6. The minimum atomic E-state index is -0.142. The highest BCUT2D eigenvalue weighted by molar-refractivity contribution is 8.00. The number of benzene rings is 3. The normalized spacial score (nSPS) is 17.4. The number of rotatable bonds is 5. The minimum absolute atomic E-state index is 0.0430. The first-order chi connectivity index (χ1) is 19.5. The highest BCUT2D eigenvalue weighted by Crippen LogP contribution is 2.49. The molecule has 3 aromatic carbocycles. The molecule has 204 valence electrons. The van der Waals surface area contributed by atoms with E-state index in [1.807, 2.05) is 66.2 Å². The second kappa shape index (κ2) is 11.3. The quantitative estimate of drug-likeness (QED) is 0.341. The monoisotopic (exact) mass is 552 g/mol. The molecular formula is C32H32N4O3S. The number of hydrogen-bond acceptors (Lipinski definition) is 5. The molecule has 40 heavy (non-hydrogen) atoms. The number of thioether (sulfide) groups is 1. The van der Waals surface area contributed by atoms with Crippen molar-refractivity contribution in [1.29, 1.82) is 0 Å². The lowest BCUT2D eigenvalue weighted by Gasteiger charge is -2.30. The van der Waals surface area contributed by atoms with Gasteiger partial charge in [-0.15, -0.1) is 11.8 Å². The third-order valence-electron chi connectivity index (χ3n) is 7.61. The van der Waals surface area contributed by atoms with Crippen LogP contribution in [0.5, 0.6) is 0 Å². The second-order valence-corrected chi connectivity index (χ2v) is 11.3. The van der Waals surface area contributed by atoms with Crippen LogP contribution in [0.2, 0.25) is 0 Å². The number of carbonyl (C=O) groups excluding carboxylic acids is 2. The van der Waals surface area contributed by atoms with Gasteiger partial charge in [0.1, 0.15) is 12.4 Å². The van der Waals surface area contributed by atoms with Crippen molar-refractivity contribution in [2.75, 3.05) is 43.5 Å². The van der Waals surface area contributed by atoms with Gasteiger partial charge in [-0.05, 0) is 36.6 Å². The van der Waals surface area contributed by atoms with Crippen molar-refractivity contribution in [1.82, 2.24) is 14.7 Å². The maximum absolute atomic E-state index is 13.9. The summed E-state index contributed by atoms with van der Waals surface area (Å²) in [6.07, 6.45) is 0. The molecule has 8 heteroatoms. The van der Waals surface area contributed by atoms with Gasteiger partial charge in [0.15, 0.2) is 0 Å². The fraction of sp³-hybridized carbons (Fsp3) is 0.281. The predicted octanol–water partition coefficient (Wildman–Crippen LogP) is 5.18. The van der Waals surface area contributed by atoms with E-state index in [9.17, 15) is 9.59 Å². The van der Waals surface area contributed by atoms with Crippen LogP contribution in [0, 0.1) is 13.8 Å². The predicted molar refractivity (Wildman–Crippen MR) is 159 cm³/mol. The van der Waals surface area contributed by atoms with Crippen LogP contribution < -0.4 is 4.90 Å². The first kappa shape index (κ1) is 26.3. The van der Waals surface area contributed by atoms with Gasteiger partial charge in [0.05, 0.1) is 35.6 Å². The number of aryl methyl sites for hydroxylation is 2. The topological polar surface area (TPSA) is 67.7 Å². The van der Waals surface area contributed by atoms with Gasteiger partial charge >= 0.3 is 0 Å². The van der Waals surface area contributed by atoms with E-state index in [-0.39, 0.29) is 29.4 Å². The van der Waals surface area contributed by atoms with Crippen LogP contribution in [-0.2, 0) is 14.3 Å². The first-order valence-corrected chi connectivity index (χ1v) is 14.6. The van der Waals surface area contributed by atoms with E-state index in [1.54, 1.807) is 21.6 Å². The Morgan fingerprint density at radius 1 is 0.925 bits per heavy atom. The van der Waals surface area contributed by atoms with Crippen LogP contribution in [0.1, 0.15) is 27.5 Å². The summed E-state index contributed by atoms with van der Waals surface area (Å²) < 4.78 is 7.35. The van der Waals surface area contributed by atoms with Crippen molar-refractivity contribution in [2.45, 2.75) is 19.1 Å². The molecule has 7 nitrogen and oxygen atoms in total. The van der Waals surface area contributed by atoms with E-state index in [4.69, 9.17) is 9.84 Å². The molecule has 2 aliphatic rings. The maximum atomic E-state index is 13.9. The number of aromatic nitrogens is 2. The molecule has 0 radical (unpaired) electrons. The fourth-order valence-corrected chi connectivity index (χ4v) is 6.76. The standard InChI is InChI=1S/C32H32N4O3S/c1-22-10-6-8-14-25(22)31-29-30(24-12-4-3-5-13-24)33-36(26-15-9-7-11-23(26)2)32(29)35(28(38)21-40-31)20-27(37)34-16-18-39-19-17-34/h3-15,31H,16-21H2,1-2H3/t31-/m1/s1. The van der Waals surface area contributed by atoms with Gasteiger partial charge < -0.3 is 9.64 Å². The maximum Gasteiger partial charge on any atom is 0.242 e. The highest BCUT2D eigenvalue weighted by Gasteiger charge is 2.38. The molecule has 1 atom stereocenters. The summed E-state index contributed by atoms with van der Waals surface area (Å²) in [5.41, 5.74) is 6.95. The summed E-state index contributed by atoms with van der Waals surface area (Å²) in [6, 6.07) is 26.5. The third kappa shape index (κ3) is 4.93. The molecule has 0 aliphatic carbocycles. The molecule has 0 N–H and O–H groups in total. The zero-order valence-corrected chi connectivity index (χ0v) is 23.6. The first-order valence-electron chi connectivity index (χ1n) is 13.6. The average Bonchev–Trinajstić information content (AvgIpc) is 3.31. The van der Waals surface area contributed by atoms with E-state index in [1.165, 1.54) is 0 Å². The van der Waals surface area contributed by atoms with E-state index >= 15 is 0 Å². The molecule has 2 amide bonds. The highest BCUT2D eigenvalue weighted by atomic mass is 32.2. The van der Waals surface area contributed by atoms with Crippen LogP contribution in [0.25, 0.3) is 16.9 Å². The van der Waals surface area contributed by atoms with Crippen molar-refractivity contribution >= 4 is 29.4 Å². The van der Waals surface area contributed by atoms with E-state index < -0.39 is 0 Å². The molecule has 0 unspecified atom stereocenters. The molecule has 1 saturated heterocycles. The van der Waals surface area contributed by atoms with Crippen molar-refractivity contribution in [3.05, 3.63) is 101 Å². The fourth-order valence-electron chi connectivity index (χ4n) is 5.47. The van der Waals surface area contributed by atoms with Gasteiger partial charge in [0.2, 0.25) is 11.8 Å².